The second-order valence-corrected chi connectivity index (χ2v) is 4.95. The second-order valence-electron chi connectivity index (χ2n) is 2.84. The van der Waals surface area contributed by atoms with E-state index < -0.39 is 6.10 Å². The highest BCUT2D eigenvalue weighted by Gasteiger charge is 2.33. The Kier molecular flexibility index (Phi) is 3.94. The Balaban J connectivity index is 2.66. The third-order valence-electron chi connectivity index (χ3n) is 1.74. The third kappa shape index (κ3) is 2.79. The number of aliphatic hydroxyl groups excluding tert-OH is 1. The fraction of sp³-hybridized carbons (Fsp3) is 0.625. The lowest BCUT2D eigenvalue weighted by Crippen LogP contribution is -2.40. The first-order valence-corrected chi connectivity index (χ1v) is 5.67. The van der Waals surface area contributed by atoms with E-state index in [4.69, 9.17) is 4.74 Å². The monoisotopic (exact) mass is 312 g/mol. The van der Waals surface area contributed by atoms with Crippen LogP contribution in [0.15, 0.2) is 12.2 Å². The number of carbonyl (C=O) groups is 1. The maximum absolute atomic E-state index is 10.7. The Morgan fingerprint density at radius 3 is 2.54 bits per heavy atom. The molecule has 0 heterocycles. The Labute approximate surface area is 93.4 Å². The molecule has 1 rings (SSSR count). The van der Waals surface area contributed by atoms with Crippen LogP contribution in [0.5, 0.6) is 0 Å². The van der Waals surface area contributed by atoms with Crippen molar-refractivity contribution in [3.05, 3.63) is 12.2 Å². The van der Waals surface area contributed by atoms with Gasteiger partial charge in [-0.2, -0.15) is 0 Å². The number of aliphatic hydroxyl groups is 1. The van der Waals surface area contributed by atoms with E-state index in [1.807, 2.05) is 0 Å². The number of ether oxygens (including phenoxy) is 1. The van der Waals surface area contributed by atoms with Crippen LogP contribution >= 0.6 is 31.9 Å². The summed E-state index contributed by atoms with van der Waals surface area (Å²) in [6, 6.07) is 0. The van der Waals surface area contributed by atoms with E-state index in [2.05, 4.69) is 31.9 Å². The lowest BCUT2D eigenvalue weighted by molar-refractivity contribution is -0.144. The van der Waals surface area contributed by atoms with Crippen molar-refractivity contribution < 1.29 is 14.6 Å². The second kappa shape index (κ2) is 4.57. The Hall–Kier alpha value is 0.130. The summed E-state index contributed by atoms with van der Waals surface area (Å²) in [7, 11) is 0. The molecule has 13 heavy (non-hydrogen) atoms. The van der Waals surface area contributed by atoms with Crippen molar-refractivity contribution in [2.45, 2.75) is 28.8 Å². The molecule has 0 spiro atoms. The van der Waals surface area contributed by atoms with Gasteiger partial charge in [0.2, 0.25) is 0 Å². The van der Waals surface area contributed by atoms with E-state index in [1.54, 1.807) is 12.2 Å². The summed E-state index contributed by atoms with van der Waals surface area (Å²) < 4.78 is 5.01. The van der Waals surface area contributed by atoms with Crippen molar-refractivity contribution in [1.82, 2.24) is 0 Å². The highest BCUT2D eigenvalue weighted by atomic mass is 79.9. The van der Waals surface area contributed by atoms with E-state index in [0.29, 0.717) is 0 Å². The van der Waals surface area contributed by atoms with Gasteiger partial charge in [0.15, 0.2) is 0 Å². The smallest absolute Gasteiger partial charge is 0.303 e. The van der Waals surface area contributed by atoms with Crippen LogP contribution in [-0.2, 0) is 9.53 Å². The number of halogens is 2. The number of carbonyl (C=O) groups excluding carboxylic acids is 1. The van der Waals surface area contributed by atoms with Crippen LogP contribution in [0.3, 0.4) is 0 Å². The van der Waals surface area contributed by atoms with Crippen LogP contribution in [0.2, 0.25) is 0 Å². The van der Waals surface area contributed by atoms with Crippen LogP contribution in [0.25, 0.3) is 0 Å². The predicted molar refractivity (Wildman–Crippen MR) is 56.1 cm³/mol. The van der Waals surface area contributed by atoms with Crippen molar-refractivity contribution in [2.75, 3.05) is 0 Å². The first-order valence-electron chi connectivity index (χ1n) is 3.84. The molecule has 0 radical (unpaired) electrons. The molecule has 5 heteroatoms. The normalized spacial score (nSPS) is 38.8. The average Bonchev–Trinajstić information content (AvgIpc) is 2.06. The van der Waals surface area contributed by atoms with Gasteiger partial charge in [-0.05, 0) is 6.08 Å². The maximum atomic E-state index is 10.7. The highest BCUT2D eigenvalue weighted by Crippen LogP contribution is 2.28. The van der Waals surface area contributed by atoms with E-state index >= 15 is 0 Å². The number of esters is 1. The summed E-state index contributed by atoms with van der Waals surface area (Å²) in [5.41, 5.74) is 0. The summed E-state index contributed by atoms with van der Waals surface area (Å²) in [4.78, 5) is 10.5. The van der Waals surface area contributed by atoms with Gasteiger partial charge in [-0.3, -0.25) is 4.79 Å². The molecule has 0 aromatic heterocycles. The van der Waals surface area contributed by atoms with Gasteiger partial charge in [0.25, 0.3) is 0 Å². The van der Waals surface area contributed by atoms with Crippen LogP contribution < -0.4 is 0 Å². The fourth-order valence-corrected chi connectivity index (χ4v) is 2.18. The third-order valence-corrected chi connectivity index (χ3v) is 4.66. The molecule has 0 aliphatic heterocycles. The van der Waals surface area contributed by atoms with Crippen LogP contribution in [0.1, 0.15) is 6.92 Å². The van der Waals surface area contributed by atoms with Gasteiger partial charge >= 0.3 is 5.97 Å². The van der Waals surface area contributed by atoms with Crippen molar-refractivity contribution in [3.8, 4) is 0 Å². The molecule has 0 aromatic carbocycles. The van der Waals surface area contributed by atoms with Gasteiger partial charge in [0.1, 0.15) is 6.10 Å². The summed E-state index contributed by atoms with van der Waals surface area (Å²) in [6.45, 7) is 1.36. The van der Waals surface area contributed by atoms with Gasteiger partial charge in [0, 0.05) is 6.92 Å². The van der Waals surface area contributed by atoms with Gasteiger partial charge in [-0.1, -0.05) is 37.9 Å². The number of alkyl halides is 2. The molecular formula is C8H10Br2O3. The van der Waals surface area contributed by atoms with Crippen LogP contribution in [-0.4, -0.2) is 32.9 Å². The minimum Gasteiger partial charge on any atom is -0.457 e. The molecule has 0 saturated heterocycles. The zero-order chi connectivity index (χ0) is 10.0. The SMILES string of the molecule is CC(=O)O[C@H]1C=C[C@H](O)[C@@H](Br)[C@@H]1Br. The number of hydrogen-bond donors (Lipinski definition) is 1. The largest absolute Gasteiger partial charge is 0.457 e. The van der Waals surface area contributed by atoms with Crippen molar-refractivity contribution in [2.24, 2.45) is 0 Å². The summed E-state index contributed by atoms with van der Waals surface area (Å²) in [6.07, 6.45) is 2.44. The average molecular weight is 314 g/mol. The van der Waals surface area contributed by atoms with Gasteiger partial charge in [0.05, 0.1) is 15.8 Å². The molecule has 0 amide bonds. The lowest BCUT2D eigenvalue weighted by Gasteiger charge is -2.29. The first-order chi connectivity index (χ1) is 6.02. The number of rotatable bonds is 1. The fourth-order valence-electron chi connectivity index (χ4n) is 1.10. The Morgan fingerprint density at radius 1 is 1.38 bits per heavy atom. The topological polar surface area (TPSA) is 46.5 Å². The molecular weight excluding hydrogens is 304 g/mol. The molecule has 0 bridgehead atoms. The van der Waals surface area contributed by atoms with Crippen molar-refractivity contribution in [1.29, 1.82) is 0 Å². The van der Waals surface area contributed by atoms with Gasteiger partial charge in [-0.25, -0.2) is 0 Å². The maximum Gasteiger partial charge on any atom is 0.303 e. The Morgan fingerprint density at radius 2 is 2.00 bits per heavy atom. The summed E-state index contributed by atoms with van der Waals surface area (Å²) in [5, 5.41) is 9.40. The van der Waals surface area contributed by atoms with Crippen LogP contribution in [0, 0.1) is 0 Å². The molecule has 1 aliphatic carbocycles. The molecule has 3 nitrogen and oxygen atoms in total. The zero-order valence-corrected chi connectivity index (χ0v) is 10.2. The van der Waals surface area contributed by atoms with E-state index in [9.17, 15) is 9.90 Å². The van der Waals surface area contributed by atoms with Gasteiger partial charge < -0.3 is 9.84 Å². The minimum atomic E-state index is -0.545. The predicted octanol–water partition coefficient (Wildman–Crippen LogP) is 1.38. The lowest BCUT2D eigenvalue weighted by atomic mass is 10.0. The standard InChI is InChI=1S/C8H10Br2O3/c1-4(11)13-6-3-2-5(12)7(9)8(6)10/h2-3,5-8,12H,1H3/t5-,6-,7+,8+/m0/s1. The highest BCUT2D eigenvalue weighted by molar-refractivity contribution is 9.12. The van der Waals surface area contributed by atoms with Gasteiger partial charge in [-0.15, -0.1) is 0 Å². The van der Waals surface area contributed by atoms with E-state index in [-0.39, 0.29) is 21.7 Å². The molecule has 4 atom stereocenters. The quantitative estimate of drug-likeness (QED) is 0.452. The molecule has 0 fully saturated rings. The van der Waals surface area contributed by atoms with E-state index in [0.717, 1.165) is 0 Å². The first kappa shape index (κ1) is 11.2. The minimum absolute atomic E-state index is 0.101. The zero-order valence-electron chi connectivity index (χ0n) is 6.98. The molecule has 1 N–H and O–H groups in total. The Bertz CT molecular complexity index is 229. The number of hydrogen-bond acceptors (Lipinski definition) is 3. The molecule has 0 aromatic rings. The molecule has 74 valence electrons. The molecule has 1 aliphatic rings. The summed E-state index contributed by atoms with van der Waals surface area (Å²) in [5.74, 6) is -0.324. The van der Waals surface area contributed by atoms with Crippen molar-refractivity contribution in [3.63, 3.8) is 0 Å². The van der Waals surface area contributed by atoms with Crippen molar-refractivity contribution >= 4 is 37.8 Å². The van der Waals surface area contributed by atoms with Crippen LogP contribution in [0.4, 0.5) is 0 Å². The summed E-state index contributed by atoms with van der Waals surface area (Å²) >= 11 is 6.66. The molecule has 0 unspecified atom stereocenters. The molecule has 0 saturated carbocycles. The van der Waals surface area contributed by atoms with E-state index in [1.165, 1.54) is 6.92 Å².